The molecule has 0 aliphatic carbocycles. The van der Waals surface area contributed by atoms with E-state index in [4.69, 9.17) is 19.8 Å². The quantitative estimate of drug-likeness (QED) is 0.431. The maximum absolute atomic E-state index is 13.4. The molecule has 1 heterocycles. The number of anilines is 5. The van der Waals surface area contributed by atoms with E-state index in [0.717, 1.165) is 6.08 Å². The Kier molecular flexibility index (Phi) is 5.20. The van der Waals surface area contributed by atoms with Crippen molar-refractivity contribution in [2.75, 3.05) is 36.4 Å². The highest BCUT2D eigenvalue weighted by atomic mass is 35.5. The topological polar surface area (TPSA) is 82.2 Å². The van der Waals surface area contributed by atoms with Crippen LogP contribution < -0.4 is 16.0 Å². The first kappa shape index (κ1) is 15.3. The van der Waals surface area contributed by atoms with Crippen LogP contribution in [0.4, 0.5) is 33.1 Å². The molecule has 1 amide bonds. The highest BCUT2D eigenvalue weighted by Gasteiger charge is 2.05. The Bertz CT molecular complexity index is 1270. The fourth-order valence-electron chi connectivity index (χ4n) is 2.49. The van der Waals surface area contributed by atoms with Crippen LogP contribution in [0.25, 0.3) is 0 Å². The van der Waals surface area contributed by atoms with Gasteiger partial charge in [-0.05, 0) is 50.3 Å². The van der Waals surface area contributed by atoms with Crippen LogP contribution in [0.15, 0.2) is 67.0 Å². The van der Waals surface area contributed by atoms with Crippen LogP contribution >= 0.6 is 11.6 Å². The van der Waals surface area contributed by atoms with Crippen molar-refractivity contribution in [3.05, 3.63) is 77.9 Å². The molecule has 0 radical (unpaired) electrons. The molecule has 1 aromatic heterocycles. The van der Waals surface area contributed by atoms with Gasteiger partial charge in [0.25, 0.3) is 0 Å². The molecule has 9 heteroatoms. The van der Waals surface area contributed by atoms with Gasteiger partial charge in [-0.15, -0.1) is 0 Å². The third-order valence-corrected chi connectivity index (χ3v) is 4.11. The molecule has 0 aliphatic heterocycles. The van der Waals surface area contributed by atoms with Crippen molar-refractivity contribution in [2.24, 2.45) is 0 Å². The van der Waals surface area contributed by atoms with Crippen LogP contribution in [0.3, 0.4) is 0 Å². The lowest BCUT2D eigenvalue weighted by molar-refractivity contribution is -0.111. The zero-order valence-electron chi connectivity index (χ0n) is 22.1. The van der Waals surface area contributed by atoms with Crippen LogP contribution in [0, 0.1) is 5.82 Å². The SMILES string of the molecule is [2H]C([2H])([2H])N(C/C=C/C(=O)Nc1cccc(Nc2cc(Nc3ccc(F)c(Cl)c3)ncn2)c1)C([2H])([2H])[2H]. The number of carbonyl (C=O) groups is 1. The fraction of sp³-hybridized carbons (Fsp3) is 0.136. The summed E-state index contributed by atoms with van der Waals surface area (Å²) in [5.74, 6) is -0.242. The van der Waals surface area contributed by atoms with E-state index >= 15 is 0 Å². The third-order valence-electron chi connectivity index (χ3n) is 3.82. The molecule has 0 spiro atoms. The fourth-order valence-corrected chi connectivity index (χ4v) is 2.67. The van der Waals surface area contributed by atoms with Gasteiger partial charge >= 0.3 is 0 Å². The van der Waals surface area contributed by atoms with Gasteiger partial charge in [0.2, 0.25) is 5.91 Å². The average molecular weight is 447 g/mol. The predicted octanol–water partition coefficient (Wildman–Crippen LogP) is 4.81. The van der Waals surface area contributed by atoms with Crippen LogP contribution in [0.5, 0.6) is 0 Å². The lowest BCUT2D eigenvalue weighted by Crippen LogP contribution is -2.12. The molecule has 3 aromatic rings. The molecule has 7 nitrogen and oxygen atoms in total. The van der Waals surface area contributed by atoms with Gasteiger partial charge in [-0.3, -0.25) is 4.79 Å². The number of aromatic nitrogens is 2. The molecule has 0 atom stereocenters. The van der Waals surface area contributed by atoms with Crippen LogP contribution in [0.2, 0.25) is 5.02 Å². The Morgan fingerprint density at radius 3 is 2.52 bits per heavy atom. The first-order chi connectivity index (χ1) is 17.3. The first-order valence-electron chi connectivity index (χ1n) is 12.0. The van der Waals surface area contributed by atoms with E-state index in [1.54, 1.807) is 30.3 Å². The van der Waals surface area contributed by atoms with Gasteiger partial charge in [0.05, 0.1) is 5.02 Å². The van der Waals surface area contributed by atoms with Gasteiger partial charge in [-0.25, -0.2) is 14.4 Å². The van der Waals surface area contributed by atoms with Gasteiger partial charge in [0.1, 0.15) is 23.8 Å². The highest BCUT2D eigenvalue weighted by Crippen LogP contribution is 2.24. The molecule has 3 N–H and O–H groups in total. The zero-order valence-corrected chi connectivity index (χ0v) is 16.8. The molecule has 0 unspecified atom stereocenters. The summed E-state index contributed by atoms with van der Waals surface area (Å²) in [5.41, 5.74) is 1.55. The van der Waals surface area contributed by atoms with Gasteiger partial charge < -0.3 is 20.9 Å². The summed E-state index contributed by atoms with van der Waals surface area (Å²) < 4.78 is 57.4. The van der Waals surface area contributed by atoms with E-state index in [2.05, 4.69) is 25.9 Å². The summed E-state index contributed by atoms with van der Waals surface area (Å²) in [4.78, 5) is 20.9. The Hall–Kier alpha value is -3.49. The summed E-state index contributed by atoms with van der Waals surface area (Å²) in [6, 6.07) is 12.5. The monoisotopic (exact) mass is 446 g/mol. The summed E-state index contributed by atoms with van der Waals surface area (Å²) in [6.45, 7) is -6.14. The second kappa shape index (κ2) is 10.5. The van der Waals surface area contributed by atoms with E-state index < -0.39 is 32.2 Å². The summed E-state index contributed by atoms with van der Waals surface area (Å²) in [5, 5.41) is 8.67. The number of carbonyl (C=O) groups excluding carboxylic acids is 1. The minimum atomic E-state index is -2.84. The molecule has 31 heavy (non-hydrogen) atoms. The van der Waals surface area contributed by atoms with Crippen LogP contribution in [-0.4, -0.2) is 41.3 Å². The maximum atomic E-state index is 13.4. The first-order valence-corrected chi connectivity index (χ1v) is 9.35. The van der Waals surface area contributed by atoms with Crippen molar-refractivity contribution in [3.63, 3.8) is 0 Å². The molecule has 0 saturated heterocycles. The van der Waals surface area contributed by atoms with Crippen molar-refractivity contribution >= 4 is 46.2 Å². The van der Waals surface area contributed by atoms with Gasteiger partial charge in [0.15, 0.2) is 0 Å². The Morgan fingerprint density at radius 2 is 1.81 bits per heavy atom. The molecule has 0 fully saturated rings. The molecular weight excluding hydrogens is 419 g/mol. The number of rotatable bonds is 8. The Morgan fingerprint density at radius 1 is 1.10 bits per heavy atom. The van der Waals surface area contributed by atoms with Crippen molar-refractivity contribution < 1.29 is 17.4 Å². The number of benzene rings is 2. The highest BCUT2D eigenvalue weighted by molar-refractivity contribution is 6.31. The second-order valence-corrected chi connectivity index (χ2v) is 6.66. The molecule has 0 bridgehead atoms. The van der Waals surface area contributed by atoms with Crippen molar-refractivity contribution in [1.29, 1.82) is 0 Å². The van der Waals surface area contributed by atoms with Crippen molar-refractivity contribution in [3.8, 4) is 0 Å². The van der Waals surface area contributed by atoms with Crippen LogP contribution in [-0.2, 0) is 4.79 Å². The Balaban J connectivity index is 1.62. The molecular formula is C22H22ClFN6O. The largest absolute Gasteiger partial charge is 0.340 e. The third kappa shape index (κ3) is 7.06. The number of nitrogens with one attached hydrogen (secondary N) is 3. The normalized spacial score (nSPS) is 14.7. The number of hydrogen-bond donors (Lipinski definition) is 3. The number of amides is 1. The average Bonchev–Trinajstić information content (AvgIpc) is 2.78. The molecule has 160 valence electrons. The standard InChI is InChI=1S/C22H22ClFN6O/c1-30(2)10-4-7-22(31)29-16-6-3-5-15(11-16)27-20-13-21(26-14-25-20)28-17-8-9-19(24)18(23)12-17/h3-9,11-14H,10H2,1-2H3,(H,29,31)(H2,25,26,27,28)/b7-4+/i1D3,2D3. The number of nitrogens with zero attached hydrogens (tertiary/aromatic N) is 3. The molecule has 0 saturated carbocycles. The molecule has 0 aliphatic rings. The van der Waals surface area contributed by atoms with Crippen molar-refractivity contribution in [1.82, 2.24) is 14.9 Å². The van der Waals surface area contributed by atoms with Gasteiger partial charge in [0, 0.05) is 44.0 Å². The summed E-state index contributed by atoms with van der Waals surface area (Å²) in [7, 11) is 0. The minimum absolute atomic E-state index is 0.0296. The summed E-state index contributed by atoms with van der Waals surface area (Å²) in [6.07, 6.45) is 3.56. The van der Waals surface area contributed by atoms with E-state index in [-0.39, 0.29) is 5.02 Å². The molecule has 3 rings (SSSR count). The smallest absolute Gasteiger partial charge is 0.248 e. The lowest BCUT2D eigenvalue weighted by Gasteiger charge is -2.10. The number of hydrogen-bond acceptors (Lipinski definition) is 6. The second-order valence-electron chi connectivity index (χ2n) is 6.25. The summed E-state index contributed by atoms with van der Waals surface area (Å²) >= 11 is 5.81. The van der Waals surface area contributed by atoms with Crippen LogP contribution in [0.1, 0.15) is 8.22 Å². The van der Waals surface area contributed by atoms with E-state index in [9.17, 15) is 9.18 Å². The van der Waals surface area contributed by atoms with E-state index in [0.29, 0.717) is 33.6 Å². The van der Waals surface area contributed by atoms with E-state index in [1.165, 1.54) is 30.6 Å². The van der Waals surface area contributed by atoms with Gasteiger partial charge in [-0.2, -0.15) is 0 Å². The number of halogens is 2. The van der Waals surface area contributed by atoms with Gasteiger partial charge in [-0.1, -0.05) is 23.7 Å². The minimum Gasteiger partial charge on any atom is -0.340 e. The van der Waals surface area contributed by atoms with Crippen molar-refractivity contribution in [2.45, 2.75) is 0 Å². The predicted molar refractivity (Wildman–Crippen MR) is 123 cm³/mol. The van der Waals surface area contributed by atoms with E-state index in [1.807, 2.05) is 0 Å². The Labute approximate surface area is 193 Å². The maximum Gasteiger partial charge on any atom is 0.248 e. The molecule has 2 aromatic carbocycles. The zero-order chi connectivity index (χ0) is 27.2. The lowest BCUT2D eigenvalue weighted by atomic mass is 10.2. The number of likely N-dealkylation sites (N-methyl/N-ethyl adjacent to an activating group) is 1.